The molecule has 2 nitrogen and oxygen atoms in total. The van der Waals surface area contributed by atoms with Gasteiger partial charge in [0, 0.05) is 11.3 Å². The Kier molecular flexibility index (Phi) is 3.15. The molecule has 0 aliphatic heterocycles. The first-order valence-corrected chi connectivity index (χ1v) is 8.82. The first kappa shape index (κ1) is 14.9. The molecule has 0 heterocycles. The molecule has 2 aliphatic rings. The van der Waals surface area contributed by atoms with Crippen LogP contribution in [0.4, 0.5) is 0 Å². The molecule has 3 aromatic rings. The van der Waals surface area contributed by atoms with Gasteiger partial charge < -0.3 is 10.2 Å². The van der Waals surface area contributed by atoms with Crippen LogP contribution in [0.3, 0.4) is 0 Å². The van der Waals surface area contributed by atoms with Crippen LogP contribution < -0.4 is 0 Å². The highest BCUT2D eigenvalue weighted by molar-refractivity contribution is 5.58. The van der Waals surface area contributed by atoms with Gasteiger partial charge in [0.05, 0.1) is 12.2 Å². The summed E-state index contributed by atoms with van der Waals surface area (Å²) in [5.41, 5.74) is 4.74. The smallest absolute Gasteiger partial charge is 0.0899 e. The minimum absolute atomic E-state index is 0.115. The molecule has 0 amide bonds. The van der Waals surface area contributed by atoms with Gasteiger partial charge in [0.2, 0.25) is 0 Å². The fourth-order valence-electron chi connectivity index (χ4n) is 5.13. The van der Waals surface area contributed by atoms with Crippen molar-refractivity contribution in [3.05, 3.63) is 107 Å². The van der Waals surface area contributed by atoms with Crippen LogP contribution >= 0.6 is 0 Å². The quantitative estimate of drug-likeness (QED) is 0.745. The maximum absolute atomic E-state index is 11.4. The van der Waals surface area contributed by atoms with Crippen LogP contribution in [0.5, 0.6) is 0 Å². The second kappa shape index (κ2) is 5.29. The van der Waals surface area contributed by atoms with Crippen molar-refractivity contribution >= 4 is 0 Å². The zero-order valence-electron chi connectivity index (χ0n) is 13.8. The van der Waals surface area contributed by atoms with Gasteiger partial charge in [0.15, 0.2) is 0 Å². The van der Waals surface area contributed by atoms with Gasteiger partial charge in [-0.25, -0.2) is 0 Å². The largest absolute Gasteiger partial charge is 0.388 e. The van der Waals surface area contributed by atoms with Crippen molar-refractivity contribution in [2.45, 2.75) is 30.0 Å². The number of hydrogen-bond donors (Lipinski definition) is 2. The van der Waals surface area contributed by atoms with Gasteiger partial charge in [0.1, 0.15) is 0 Å². The Hall–Kier alpha value is -2.42. The minimum Gasteiger partial charge on any atom is -0.388 e. The molecular weight excluding hydrogens is 308 g/mol. The molecule has 0 saturated heterocycles. The van der Waals surface area contributed by atoms with Crippen molar-refractivity contribution in [2.24, 2.45) is 0 Å². The summed E-state index contributed by atoms with van der Waals surface area (Å²) >= 11 is 0. The van der Waals surface area contributed by atoms with Gasteiger partial charge in [-0.2, -0.15) is 0 Å². The Labute approximate surface area is 147 Å². The third kappa shape index (κ3) is 1.87. The van der Waals surface area contributed by atoms with Crippen molar-refractivity contribution in [2.75, 3.05) is 0 Å². The van der Waals surface area contributed by atoms with Crippen molar-refractivity contribution < 1.29 is 10.2 Å². The monoisotopic (exact) mass is 328 g/mol. The summed E-state index contributed by atoms with van der Waals surface area (Å²) < 4.78 is 0. The maximum atomic E-state index is 11.4. The van der Waals surface area contributed by atoms with Gasteiger partial charge in [-0.1, -0.05) is 78.9 Å². The van der Waals surface area contributed by atoms with Crippen LogP contribution in [0.2, 0.25) is 0 Å². The average molecular weight is 328 g/mol. The number of benzene rings is 3. The highest BCUT2D eigenvalue weighted by atomic mass is 16.3. The van der Waals surface area contributed by atoms with E-state index in [2.05, 4.69) is 24.3 Å². The molecule has 124 valence electrons. The molecule has 0 aromatic heterocycles. The summed E-state index contributed by atoms with van der Waals surface area (Å²) in [5.74, 6) is -0.115. The normalized spacial score (nSPS) is 29.1. The lowest BCUT2D eigenvalue weighted by Crippen LogP contribution is -2.35. The molecule has 5 rings (SSSR count). The Morgan fingerprint density at radius 3 is 2.04 bits per heavy atom. The van der Waals surface area contributed by atoms with E-state index >= 15 is 0 Å². The average Bonchev–Trinajstić information content (AvgIpc) is 3.06. The van der Waals surface area contributed by atoms with E-state index < -0.39 is 17.6 Å². The van der Waals surface area contributed by atoms with Crippen LogP contribution in [0, 0.1) is 0 Å². The lowest BCUT2D eigenvalue weighted by atomic mass is 9.69. The second-order valence-electron chi connectivity index (χ2n) is 7.24. The molecule has 0 spiro atoms. The van der Waals surface area contributed by atoms with Gasteiger partial charge in [-0.15, -0.1) is 0 Å². The lowest BCUT2D eigenvalue weighted by Gasteiger charge is -2.35. The first-order chi connectivity index (χ1) is 12.2. The predicted octanol–water partition coefficient (Wildman–Crippen LogP) is 4.04. The van der Waals surface area contributed by atoms with E-state index in [0.29, 0.717) is 6.42 Å². The fourth-order valence-corrected chi connectivity index (χ4v) is 5.13. The summed E-state index contributed by atoms with van der Waals surface area (Å²) in [5, 5.41) is 22.6. The van der Waals surface area contributed by atoms with E-state index in [1.807, 2.05) is 54.6 Å². The SMILES string of the molecule is O[C@@H]1c2ccccc2[C@@]2(Cc3ccccc3)[C@H](O)c3ccccc3[C@@H]12. The van der Waals surface area contributed by atoms with E-state index in [1.54, 1.807) is 0 Å². The Bertz CT molecular complexity index is 934. The summed E-state index contributed by atoms with van der Waals surface area (Å²) in [7, 11) is 0. The maximum Gasteiger partial charge on any atom is 0.0899 e. The summed E-state index contributed by atoms with van der Waals surface area (Å²) in [4.78, 5) is 0. The van der Waals surface area contributed by atoms with E-state index in [-0.39, 0.29) is 5.92 Å². The molecule has 25 heavy (non-hydrogen) atoms. The molecule has 3 aromatic carbocycles. The third-order valence-electron chi connectivity index (χ3n) is 6.10. The highest BCUT2D eigenvalue weighted by Crippen LogP contribution is 2.66. The number of fused-ring (bicyclic) bond motifs is 5. The second-order valence-corrected chi connectivity index (χ2v) is 7.24. The summed E-state index contributed by atoms with van der Waals surface area (Å²) in [6.07, 6.45) is -0.493. The highest BCUT2D eigenvalue weighted by Gasteiger charge is 2.61. The van der Waals surface area contributed by atoms with Crippen LogP contribution in [0.25, 0.3) is 0 Å². The van der Waals surface area contributed by atoms with Crippen LogP contribution in [0.1, 0.15) is 45.9 Å². The standard InChI is InChI=1S/C23H20O2/c24-21-18-12-6-7-13-19(18)23(14-15-8-2-1-3-9-15)20(21)16-10-4-5-11-17(16)22(23)25/h1-13,20-22,24-25H,14H2/t20-,21+,22+,23+/m0/s1. The van der Waals surface area contributed by atoms with Crippen LogP contribution in [-0.2, 0) is 11.8 Å². The topological polar surface area (TPSA) is 40.5 Å². The Morgan fingerprint density at radius 1 is 0.680 bits per heavy atom. The summed E-state index contributed by atoms with van der Waals surface area (Å²) in [6, 6.07) is 26.4. The van der Waals surface area contributed by atoms with E-state index in [0.717, 1.165) is 22.3 Å². The number of aliphatic hydroxyl groups excluding tert-OH is 2. The van der Waals surface area contributed by atoms with E-state index in [1.165, 1.54) is 5.56 Å². The third-order valence-corrected chi connectivity index (χ3v) is 6.10. The molecule has 0 fully saturated rings. The van der Waals surface area contributed by atoms with Gasteiger partial charge >= 0.3 is 0 Å². The molecule has 2 aliphatic carbocycles. The molecule has 2 heteroatoms. The van der Waals surface area contributed by atoms with Crippen molar-refractivity contribution in [1.82, 2.24) is 0 Å². The fraction of sp³-hybridized carbons (Fsp3) is 0.217. The van der Waals surface area contributed by atoms with Crippen LogP contribution in [0.15, 0.2) is 78.9 Å². The number of aliphatic hydroxyl groups is 2. The van der Waals surface area contributed by atoms with E-state index in [9.17, 15) is 10.2 Å². The molecule has 4 atom stereocenters. The van der Waals surface area contributed by atoms with Crippen molar-refractivity contribution in [1.29, 1.82) is 0 Å². The molecule has 0 bridgehead atoms. The molecule has 0 unspecified atom stereocenters. The molecule has 0 radical (unpaired) electrons. The van der Waals surface area contributed by atoms with Gasteiger partial charge in [0.25, 0.3) is 0 Å². The van der Waals surface area contributed by atoms with Crippen molar-refractivity contribution in [3.63, 3.8) is 0 Å². The lowest BCUT2D eigenvalue weighted by molar-refractivity contribution is 0.0519. The molecular formula is C23H20O2. The molecule has 2 N–H and O–H groups in total. The van der Waals surface area contributed by atoms with Gasteiger partial charge in [-0.05, 0) is 34.2 Å². The van der Waals surface area contributed by atoms with E-state index in [4.69, 9.17) is 0 Å². The first-order valence-electron chi connectivity index (χ1n) is 8.82. The predicted molar refractivity (Wildman–Crippen MR) is 97.4 cm³/mol. The minimum atomic E-state index is -0.618. The van der Waals surface area contributed by atoms with Crippen molar-refractivity contribution in [3.8, 4) is 0 Å². The van der Waals surface area contributed by atoms with Gasteiger partial charge in [-0.3, -0.25) is 0 Å². The molecule has 0 saturated carbocycles. The van der Waals surface area contributed by atoms with Crippen LogP contribution in [-0.4, -0.2) is 10.2 Å². The summed E-state index contributed by atoms with van der Waals surface area (Å²) in [6.45, 7) is 0. The number of rotatable bonds is 2. The number of hydrogen-bond acceptors (Lipinski definition) is 2. The zero-order chi connectivity index (χ0) is 17.0. The Balaban J connectivity index is 1.77. The Morgan fingerprint density at radius 2 is 1.28 bits per heavy atom. The zero-order valence-corrected chi connectivity index (χ0v) is 13.8.